The molecule has 3 rings (SSSR count). The molecular formula is C17H15N3O. The zero-order chi connectivity index (χ0) is 14.8. The van der Waals surface area contributed by atoms with Crippen molar-refractivity contribution in [2.75, 3.05) is 10.6 Å². The van der Waals surface area contributed by atoms with E-state index in [4.69, 9.17) is 5.26 Å². The molecule has 0 spiro atoms. The number of aryl methyl sites for hydroxylation is 1. The van der Waals surface area contributed by atoms with E-state index >= 15 is 0 Å². The summed E-state index contributed by atoms with van der Waals surface area (Å²) in [6, 6.07) is 15.3. The average Bonchev–Trinajstić information content (AvgIpc) is 2.77. The molecular weight excluding hydrogens is 262 g/mol. The summed E-state index contributed by atoms with van der Waals surface area (Å²) in [6.07, 6.45) is 0.395. The van der Waals surface area contributed by atoms with Gasteiger partial charge in [-0.15, -0.1) is 0 Å². The Bertz CT molecular complexity index is 729. The molecule has 0 aliphatic carbocycles. The number of amides is 1. The predicted molar refractivity (Wildman–Crippen MR) is 81.9 cm³/mol. The summed E-state index contributed by atoms with van der Waals surface area (Å²) < 4.78 is 0. The number of rotatable bonds is 3. The van der Waals surface area contributed by atoms with Crippen molar-refractivity contribution in [3.05, 3.63) is 59.2 Å². The van der Waals surface area contributed by atoms with E-state index in [-0.39, 0.29) is 11.9 Å². The highest BCUT2D eigenvalue weighted by molar-refractivity contribution is 6.04. The topological polar surface area (TPSA) is 64.9 Å². The Balaban J connectivity index is 1.84. The molecule has 4 heteroatoms. The Hall–Kier alpha value is -2.80. The van der Waals surface area contributed by atoms with E-state index in [0.717, 1.165) is 28.1 Å². The third kappa shape index (κ3) is 2.59. The van der Waals surface area contributed by atoms with Gasteiger partial charge in [0, 0.05) is 16.9 Å². The Labute approximate surface area is 123 Å². The zero-order valence-electron chi connectivity index (χ0n) is 11.7. The van der Waals surface area contributed by atoms with E-state index in [2.05, 4.69) is 16.7 Å². The molecule has 1 aliphatic heterocycles. The standard InChI is InChI=1S/C17H15N3O/c1-11-2-7-15-14(10-11)16(17(21)20-15)19-13-5-3-12(4-6-13)8-9-18/h2-7,10,16,19H,8H2,1H3,(H,20,21). The molecule has 21 heavy (non-hydrogen) atoms. The summed E-state index contributed by atoms with van der Waals surface area (Å²) >= 11 is 0. The van der Waals surface area contributed by atoms with Crippen LogP contribution in [0.3, 0.4) is 0 Å². The van der Waals surface area contributed by atoms with Crippen LogP contribution >= 0.6 is 0 Å². The first kappa shape index (κ1) is 13.2. The summed E-state index contributed by atoms with van der Waals surface area (Å²) in [5, 5.41) is 14.8. The van der Waals surface area contributed by atoms with Gasteiger partial charge in [0.2, 0.25) is 0 Å². The van der Waals surface area contributed by atoms with Crippen molar-refractivity contribution in [3.8, 4) is 6.07 Å². The first-order chi connectivity index (χ1) is 10.2. The Kier molecular flexibility index (Phi) is 3.33. The third-order valence-electron chi connectivity index (χ3n) is 3.59. The molecule has 0 aromatic heterocycles. The predicted octanol–water partition coefficient (Wildman–Crippen LogP) is 3.17. The zero-order valence-corrected chi connectivity index (χ0v) is 11.7. The third-order valence-corrected chi connectivity index (χ3v) is 3.59. The van der Waals surface area contributed by atoms with Crippen LogP contribution in [0.1, 0.15) is 22.7 Å². The maximum absolute atomic E-state index is 12.1. The lowest BCUT2D eigenvalue weighted by Crippen LogP contribution is -2.19. The quantitative estimate of drug-likeness (QED) is 0.905. The minimum atomic E-state index is -0.373. The minimum Gasteiger partial charge on any atom is -0.370 e. The van der Waals surface area contributed by atoms with E-state index in [1.807, 2.05) is 49.4 Å². The first-order valence-electron chi connectivity index (χ1n) is 6.81. The number of nitrogens with zero attached hydrogens (tertiary/aromatic N) is 1. The fourth-order valence-electron chi connectivity index (χ4n) is 2.50. The van der Waals surface area contributed by atoms with Crippen LogP contribution in [-0.4, -0.2) is 5.91 Å². The monoisotopic (exact) mass is 277 g/mol. The van der Waals surface area contributed by atoms with Gasteiger partial charge in [-0.05, 0) is 30.7 Å². The number of nitrogens with one attached hydrogen (secondary N) is 2. The smallest absolute Gasteiger partial charge is 0.251 e. The summed E-state index contributed by atoms with van der Waals surface area (Å²) in [5.74, 6) is -0.0447. The molecule has 1 amide bonds. The minimum absolute atomic E-state index is 0.0447. The number of carbonyl (C=O) groups excluding carboxylic acids is 1. The van der Waals surface area contributed by atoms with Crippen molar-refractivity contribution in [2.45, 2.75) is 19.4 Å². The van der Waals surface area contributed by atoms with Gasteiger partial charge < -0.3 is 10.6 Å². The van der Waals surface area contributed by atoms with Crippen LogP contribution in [0.2, 0.25) is 0 Å². The molecule has 1 heterocycles. The molecule has 1 atom stereocenters. The van der Waals surface area contributed by atoms with Gasteiger partial charge in [-0.2, -0.15) is 5.26 Å². The maximum atomic E-state index is 12.1. The van der Waals surface area contributed by atoms with Gasteiger partial charge in [0.05, 0.1) is 12.5 Å². The number of carbonyl (C=O) groups is 1. The molecule has 2 aromatic carbocycles. The lowest BCUT2D eigenvalue weighted by molar-refractivity contribution is -0.116. The normalized spacial score (nSPS) is 16.0. The van der Waals surface area contributed by atoms with E-state index < -0.39 is 0 Å². The number of nitriles is 1. The van der Waals surface area contributed by atoms with Crippen LogP contribution < -0.4 is 10.6 Å². The first-order valence-corrected chi connectivity index (χ1v) is 6.81. The lowest BCUT2D eigenvalue weighted by atomic mass is 10.0. The number of anilines is 2. The van der Waals surface area contributed by atoms with Crippen molar-refractivity contribution >= 4 is 17.3 Å². The van der Waals surface area contributed by atoms with Gasteiger partial charge in [-0.1, -0.05) is 29.8 Å². The van der Waals surface area contributed by atoms with E-state index in [1.54, 1.807) is 0 Å². The van der Waals surface area contributed by atoms with Gasteiger partial charge in [0.15, 0.2) is 0 Å². The van der Waals surface area contributed by atoms with E-state index in [0.29, 0.717) is 6.42 Å². The van der Waals surface area contributed by atoms with Crippen molar-refractivity contribution in [3.63, 3.8) is 0 Å². The van der Waals surface area contributed by atoms with Gasteiger partial charge in [0.1, 0.15) is 6.04 Å². The molecule has 0 radical (unpaired) electrons. The average molecular weight is 277 g/mol. The SMILES string of the molecule is Cc1ccc2c(c1)C(Nc1ccc(CC#N)cc1)C(=O)N2. The fraction of sp³-hybridized carbons (Fsp3) is 0.176. The molecule has 1 aliphatic rings. The summed E-state index contributed by atoms with van der Waals surface area (Å²) in [5.41, 5.74) is 4.80. The number of benzene rings is 2. The van der Waals surface area contributed by atoms with E-state index in [1.165, 1.54) is 0 Å². The second-order valence-corrected chi connectivity index (χ2v) is 5.19. The summed E-state index contributed by atoms with van der Waals surface area (Å²) in [7, 11) is 0. The molecule has 0 saturated carbocycles. The molecule has 4 nitrogen and oxygen atoms in total. The van der Waals surface area contributed by atoms with Crippen molar-refractivity contribution < 1.29 is 4.79 Å². The Morgan fingerprint density at radius 2 is 2.00 bits per heavy atom. The molecule has 1 unspecified atom stereocenters. The molecule has 0 fully saturated rings. The van der Waals surface area contributed by atoms with Crippen molar-refractivity contribution in [1.82, 2.24) is 0 Å². The number of hydrogen-bond acceptors (Lipinski definition) is 3. The van der Waals surface area contributed by atoms with Gasteiger partial charge in [-0.3, -0.25) is 4.79 Å². The second-order valence-electron chi connectivity index (χ2n) is 5.19. The summed E-state index contributed by atoms with van der Waals surface area (Å²) in [6.45, 7) is 2.01. The van der Waals surface area contributed by atoms with Crippen molar-refractivity contribution in [2.24, 2.45) is 0 Å². The number of hydrogen-bond donors (Lipinski definition) is 2. The molecule has 0 bridgehead atoms. The molecule has 2 aromatic rings. The van der Waals surface area contributed by atoms with Crippen LogP contribution in [0.4, 0.5) is 11.4 Å². The van der Waals surface area contributed by atoms with E-state index in [9.17, 15) is 4.79 Å². The van der Waals surface area contributed by atoms with Crippen LogP contribution in [0.5, 0.6) is 0 Å². The van der Waals surface area contributed by atoms with Crippen LogP contribution in [-0.2, 0) is 11.2 Å². The van der Waals surface area contributed by atoms with Gasteiger partial charge in [0.25, 0.3) is 5.91 Å². The fourth-order valence-corrected chi connectivity index (χ4v) is 2.50. The van der Waals surface area contributed by atoms with Gasteiger partial charge in [-0.25, -0.2) is 0 Å². The second kappa shape index (κ2) is 5.29. The Morgan fingerprint density at radius 3 is 2.71 bits per heavy atom. The molecule has 2 N–H and O–H groups in total. The highest BCUT2D eigenvalue weighted by Crippen LogP contribution is 2.33. The van der Waals surface area contributed by atoms with Crippen LogP contribution in [0.15, 0.2) is 42.5 Å². The number of fused-ring (bicyclic) bond motifs is 1. The lowest BCUT2D eigenvalue weighted by Gasteiger charge is -2.13. The van der Waals surface area contributed by atoms with Crippen LogP contribution in [0.25, 0.3) is 0 Å². The van der Waals surface area contributed by atoms with Crippen molar-refractivity contribution in [1.29, 1.82) is 5.26 Å². The molecule has 0 saturated heterocycles. The highest BCUT2D eigenvalue weighted by atomic mass is 16.2. The van der Waals surface area contributed by atoms with Gasteiger partial charge >= 0.3 is 0 Å². The Morgan fingerprint density at radius 1 is 1.24 bits per heavy atom. The van der Waals surface area contributed by atoms with Crippen LogP contribution in [0, 0.1) is 18.3 Å². The summed E-state index contributed by atoms with van der Waals surface area (Å²) in [4.78, 5) is 12.1. The highest BCUT2D eigenvalue weighted by Gasteiger charge is 2.30. The maximum Gasteiger partial charge on any atom is 0.251 e. The molecule has 104 valence electrons. The largest absolute Gasteiger partial charge is 0.370 e.